The zero-order valence-corrected chi connectivity index (χ0v) is 17.9. The lowest BCUT2D eigenvalue weighted by molar-refractivity contribution is 0.296. The standard InChI is InChI=1S/C19H15BrFN3O5S/c1-28-17-9-13(20)14(21)10-16(17)24-15-4-3-12(8-11(15)2-5-19(24)25)30(26,27)23-18-6-7-29-22-18/h2-9,14H,10H2,1H3,(H,22,23). The summed E-state index contributed by atoms with van der Waals surface area (Å²) in [6.07, 6.45) is 1.32. The number of halogens is 2. The number of hydrogen-bond acceptors (Lipinski definition) is 6. The fraction of sp³-hybridized carbons (Fsp3) is 0.158. The van der Waals surface area contributed by atoms with E-state index in [-0.39, 0.29) is 22.7 Å². The van der Waals surface area contributed by atoms with Crippen LogP contribution in [0.25, 0.3) is 16.6 Å². The Balaban J connectivity index is 1.86. The molecule has 3 aromatic rings. The molecule has 1 unspecified atom stereocenters. The van der Waals surface area contributed by atoms with E-state index < -0.39 is 16.2 Å². The van der Waals surface area contributed by atoms with Gasteiger partial charge in [-0.3, -0.25) is 14.1 Å². The van der Waals surface area contributed by atoms with E-state index in [2.05, 4.69) is 30.3 Å². The Morgan fingerprint density at radius 3 is 2.80 bits per heavy atom. The minimum atomic E-state index is -3.93. The molecule has 0 radical (unpaired) electrons. The first-order chi connectivity index (χ1) is 14.3. The number of sulfonamides is 1. The molecule has 1 aliphatic rings. The molecule has 1 atom stereocenters. The highest BCUT2D eigenvalue weighted by molar-refractivity contribution is 9.11. The number of aromatic nitrogens is 2. The van der Waals surface area contributed by atoms with E-state index in [0.29, 0.717) is 26.8 Å². The number of fused-ring (bicyclic) bond motifs is 1. The first-order valence-electron chi connectivity index (χ1n) is 8.68. The number of ether oxygens (including phenoxy) is 1. The third-order valence-corrected chi connectivity index (χ3v) is 6.65. The first-order valence-corrected chi connectivity index (χ1v) is 11.0. The van der Waals surface area contributed by atoms with Crippen LogP contribution in [0.1, 0.15) is 6.42 Å². The molecule has 0 saturated heterocycles. The van der Waals surface area contributed by atoms with E-state index in [1.807, 2.05) is 0 Å². The summed E-state index contributed by atoms with van der Waals surface area (Å²) in [4.78, 5) is 12.6. The van der Waals surface area contributed by atoms with Gasteiger partial charge < -0.3 is 9.26 Å². The van der Waals surface area contributed by atoms with Crippen LogP contribution in [-0.4, -0.2) is 31.4 Å². The van der Waals surface area contributed by atoms with Gasteiger partial charge in [0.15, 0.2) is 5.82 Å². The van der Waals surface area contributed by atoms with Crippen LogP contribution in [-0.2, 0) is 14.8 Å². The summed E-state index contributed by atoms with van der Waals surface area (Å²) in [5.74, 6) is 0.387. The smallest absolute Gasteiger partial charge is 0.263 e. The molecule has 0 spiro atoms. The van der Waals surface area contributed by atoms with Gasteiger partial charge in [0.2, 0.25) is 0 Å². The second-order valence-electron chi connectivity index (χ2n) is 6.43. The summed E-state index contributed by atoms with van der Waals surface area (Å²) in [6.45, 7) is 0. The summed E-state index contributed by atoms with van der Waals surface area (Å²) in [5, 5.41) is 4.01. The molecule has 1 aliphatic carbocycles. The molecule has 11 heteroatoms. The Labute approximate surface area is 178 Å². The molecule has 0 bridgehead atoms. The quantitative estimate of drug-likeness (QED) is 0.579. The molecule has 30 heavy (non-hydrogen) atoms. The normalized spacial score (nSPS) is 17.2. The maximum absolute atomic E-state index is 14.3. The van der Waals surface area contributed by atoms with Crippen molar-refractivity contribution < 1.29 is 22.1 Å². The number of rotatable bonds is 5. The van der Waals surface area contributed by atoms with E-state index in [1.54, 1.807) is 0 Å². The van der Waals surface area contributed by atoms with E-state index >= 15 is 0 Å². The molecule has 0 amide bonds. The second-order valence-corrected chi connectivity index (χ2v) is 9.03. The van der Waals surface area contributed by atoms with Gasteiger partial charge in [-0.15, -0.1) is 0 Å². The van der Waals surface area contributed by atoms with Crippen LogP contribution in [0, 0.1) is 0 Å². The lowest BCUT2D eigenvalue weighted by Crippen LogP contribution is -2.24. The summed E-state index contributed by atoms with van der Waals surface area (Å²) < 4.78 is 53.5. The molecule has 0 saturated carbocycles. The number of allylic oxidation sites excluding steroid dienone is 3. The van der Waals surface area contributed by atoms with Crippen LogP contribution < -0.4 is 10.3 Å². The topological polar surface area (TPSA) is 103 Å². The van der Waals surface area contributed by atoms with Gasteiger partial charge in [-0.05, 0) is 30.3 Å². The Bertz CT molecular complexity index is 1350. The molecule has 2 aromatic heterocycles. The predicted molar refractivity (Wildman–Crippen MR) is 112 cm³/mol. The summed E-state index contributed by atoms with van der Waals surface area (Å²) >= 11 is 3.16. The Kier molecular flexibility index (Phi) is 5.24. The van der Waals surface area contributed by atoms with Gasteiger partial charge in [0.1, 0.15) is 18.2 Å². The Morgan fingerprint density at radius 1 is 1.30 bits per heavy atom. The number of anilines is 1. The van der Waals surface area contributed by atoms with E-state index in [1.165, 1.54) is 60.4 Å². The number of nitrogens with zero attached hydrogens (tertiary/aromatic N) is 2. The van der Waals surface area contributed by atoms with Gasteiger partial charge >= 0.3 is 0 Å². The average molecular weight is 496 g/mol. The number of hydrogen-bond donors (Lipinski definition) is 1. The number of nitrogens with one attached hydrogen (secondary N) is 1. The van der Waals surface area contributed by atoms with Crippen LogP contribution in [0.15, 0.2) is 73.2 Å². The van der Waals surface area contributed by atoms with Crippen LogP contribution in [0.5, 0.6) is 0 Å². The molecule has 2 heterocycles. The summed E-state index contributed by atoms with van der Waals surface area (Å²) in [5.41, 5.74) is 0.383. The third-order valence-electron chi connectivity index (χ3n) is 4.57. The van der Waals surface area contributed by atoms with Crippen molar-refractivity contribution in [2.75, 3.05) is 11.8 Å². The molecule has 1 aromatic carbocycles. The highest BCUT2D eigenvalue weighted by atomic mass is 79.9. The predicted octanol–water partition coefficient (Wildman–Crippen LogP) is 3.63. The van der Waals surface area contributed by atoms with Gasteiger partial charge in [0, 0.05) is 28.4 Å². The molecule has 156 valence electrons. The van der Waals surface area contributed by atoms with Crippen molar-refractivity contribution in [1.29, 1.82) is 0 Å². The van der Waals surface area contributed by atoms with E-state index in [9.17, 15) is 17.6 Å². The van der Waals surface area contributed by atoms with Crippen LogP contribution in [0.4, 0.5) is 10.2 Å². The first kappa shape index (κ1) is 20.4. The molecular weight excluding hydrogens is 481 g/mol. The van der Waals surface area contributed by atoms with Crippen molar-refractivity contribution in [1.82, 2.24) is 9.72 Å². The van der Waals surface area contributed by atoms with Crippen molar-refractivity contribution in [2.24, 2.45) is 0 Å². The van der Waals surface area contributed by atoms with Crippen LogP contribution >= 0.6 is 15.9 Å². The lowest BCUT2D eigenvalue weighted by Gasteiger charge is -2.22. The maximum atomic E-state index is 14.3. The fourth-order valence-corrected chi connectivity index (χ4v) is 4.57. The van der Waals surface area contributed by atoms with E-state index in [4.69, 9.17) is 4.74 Å². The number of methoxy groups -OCH3 is 1. The molecule has 0 fully saturated rings. The van der Waals surface area contributed by atoms with E-state index in [0.717, 1.165) is 0 Å². The van der Waals surface area contributed by atoms with Crippen LogP contribution in [0.3, 0.4) is 0 Å². The van der Waals surface area contributed by atoms with Crippen LogP contribution in [0.2, 0.25) is 0 Å². The lowest BCUT2D eigenvalue weighted by atomic mass is 10.1. The maximum Gasteiger partial charge on any atom is 0.263 e. The summed E-state index contributed by atoms with van der Waals surface area (Å²) in [7, 11) is -2.49. The monoisotopic (exact) mass is 495 g/mol. The number of benzene rings is 1. The van der Waals surface area contributed by atoms with Gasteiger partial charge in [-0.2, -0.15) is 0 Å². The fourth-order valence-electron chi connectivity index (χ4n) is 3.18. The minimum Gasteiger partial charge on any atom is -0.495 e. The van der Waals surface area contributed by atoms with Crippen molar-refractivity contribution in [2.45, 2.75) is 17.5 Å². The van der Waals surface area contributed by atoms with Gasteiger partial charge in [-0.1, -0.05) is 21.1 Å². The highest BCUT2D eigenvalue weighted by Crippen LogP contribution is 2.34. The average Bonchev–Trinajstić information content (AvgIpc) is 3.21. The molecule has 1 N–H and O–H groups in total. The molecule has 4 rings (SSSR count). The van der Waals surface area contributed by atoms with Gasteiger partial charge in [-0.25, -0.2) is 12.8 Å². The molecule has 8 nitrogen and oxygen atoms in total. The Morgan fingerprint density at radius 2 is 2.10 bits per heavy atom. The number of alkyl halides is 1. The zero-order valence-electron chi connectivity index (χ0n) is 15.5. The minimum absolute atomic E-state index is 0.0289. The van der Waals surface area contributed by atoms with Gasteiger partial charge in [0.25, 0.3) is 15.6 Å². The third kappa shape index (κ3) is 3.65. The SMILES string of the molecule is COC1=C(n2c(=O)ccc3cc(S(=O)(=O)Nc4ccon4)ccc32)CC(F)C(Br)=C1. The largest absolute Gasteiger partial charge is 0.495 e. The Hall–Kier alpha value is -2.92. The molecular formula is C19H15BrFN3O5S. The van der Waals surface area contributed by atoms with Gasteiger partial charge in [0.05, 0.1) is 23.2 Å². The second kappa shape index (κ2) is 7.73. The zero-order chi connectivity index (χ0) is 21.5. The van der Waals surface area contributed by atoms with Crippen molar-refractivity contribution in [3.05, 3.63) is 69.3 Å². The number of pyridine rings is 1. The highest BCUT2D eigenvalue weighted by Gasteiger charge is 2.25. The summed E-state index contributed by atoms with van der Waals surface area (Å²) in [6, 6.07) is 8.45. The molecule has 0 aliphatic heterocycles. The van der Waals surface area contributed by atoms with Crippen molar-refractivity contribution in [3.63, 3.8) is 0 Å². The van der Waals surface area contributed by atoms with Crippen molar-refractivity contribution >= 4 is 48.4 Å². The van der Waals surface area contributed by atoms with Crippen molar-refractivity contribution in [3.8, 4) is 0 Å².